The zero-order chi connectivity index (χ0) is 13.9. The van der Waals surface area contributed by atoms with E-state index in [1.807, 2.05) is 0 Å². The largest absolute Gasteiger partial charge is 0.341 e. The Morgan fingerprint density at radius 3 is 2.32 bits per heavy atom. The minimum absolute atomic E-state index is 0.00944. The van der Waals surface area contributed by atoms with Crippen molar-refractivity contribution in [2.45, 2.75) is 58.0 Å². The van der Waals surface area contributed by atoms with Gasteiger partial charge in [0.2, 0.25) is 5.91 Å². The topological polar surface area (TPSA) is 35.6 Å². The molecule has 0 saturated carbocycles. The lowest BCUT2D eigenvalue weighted by Gasteiger charge is -2.46. The number of carbonyl (C=O) groups is 1. The number of piperazine rings is 1. The van der Waals surface area contributed by atoms with Gasteiger partial charge in [0.25, 0.3) is 0 Å². The maximum atomic E-state index is 12.7. The van der Waals surface area contributed by atoms with E-state index in [1.54, 1.807) is 0 Å². The van der Waals surface area contributed by atoms with Crippen LogP contribution in [0.4, 0.5) is 0 Å². The van der Waals surface area contributed by atoms with E-state index >= 15 is 0 Å². The molecule has 1 amide bonds. The fraction of sp³-hybridized carbons (Fsp3) is 0.933. The third kappa shape index (κ3) is 3.48. The lowest BCUT2D eigenvalue weighted by Crippen LogP contribution is -2.63. The van der Waals surface area contributed by atoms with Crippen molar-refractivity contribution in [3.05, 3.63) is 0 Å². The smallest absolute Gasteiger partial charge is 0.239 e. The molecule has 0 aromatic heterocycles. The Balaban J connectivity index is 2.00. The van der Waals surface area contributed by atoms with Crippen molar-refractivity contribution in [1.82, 2.24) is 15.1 Å². The quantitative estimate of drug-likeness (QED) is 0.823. The molecule has 2 aliphatic heterocycles. The van der Waals surface area contributed by atoms with Crippen molar-refractivity contribution < 1.29 is 4.79 Å². The molecule has 2 aliphatic rings. The predicted octanol–water partition coefficient (Wildman–Crippen LogP) is 1.46. The highest BCUT2D eigenvalue weighted by Gasteiger charge is 2.37. The highest BCUT2D eigenvalue weighted by atomic mass is 16.2. The molecule has 4 heteroatoms. The van der Waals surface area contributed by atoms with Gasteiger partial charge >= 0.3 is 0 Å². The van der Waals surface area contributed by atoms with Crippen LogP contribution in [-0.4, -0.2) is 60.0 Å². The molecule has 0 radical (unpaired) electrons. The number of hydrogen-bond donors (Lipinski definition) is 1. The van der Waals surface area contributed by atoms with Crippen LogP contribution in [-0.2, 0) is 4.79 Å². The van der Waals surface area contributed by atoms with Crippen LogP contribution in [0.2, 0.25) is 0 Å². The molecule has 0 aromatic carbocycles. The van der Waals surface area contributed by atoms with Gasteiger partial charge in [-0.05, 0) is 33.6 Å². The Kier molecular flexibility index (Phi) is 4.85. The molecule has 2 heterocycles. The standard InChI is InChI=1S/C15H29N3O/c1-13(18-11-8-16-12-15(18,2)3)14(19)17-9-6-4-5-7-10-17/h13,16H,4-12H2,1-3H3. The van der Waals surface area contributed by atoms with Crippen LogP contribution in [0, 0.1) is 0 Å². The summed E-state index contributed by atoms with van der Waals surface area (Å²) in [7, 11) is 0. The first-order valence-electron chi connectivity index (χ1n) is 7.78. The molecule has 0 aliphatic carbocycles. The number of rotatable bonds is 2. The number of amides is 1. The molecule has 0 spiro atoms. The van der Waals surface area contributed by atoms with E-state index in [-0.39, 0.29) is 11.6 Å². The van der Waals surface area contributed by atoms with E-state index < -0.39 is 0 Å². The summed E-state index contributed by atoms with van der Waals surface area (Å²) in [4.78, 5) is 17.2. The normalized spacial score (nSPS) is 26.8. The highest BCUT2D eigenvalue weighted by molar-refractivity contribution is 5.81. The lowest BCUT2D eigenvalue weighted by molar-refractivity contribution is -0.139. The second kappa shape index (κ2) is 6.23. The molecule has 0 bridgehead atoms. The number of nitrogens with one attached hydrogen (secondary N) is 1. The first-order chi connectivity index (χ1) is 9.02. The summed E-state index contributed by atoms with van der Waals surface area (Å²) in [6.07, 6.45) is 4.89. The van der Waals surface area contributed by atoms with Crippen LogP contribution in [0.15, 0.2) is 0 Å². The molecule has 0 aromatic rings. The summed E-state index contributed by atoms with van der Waals surface area (Å²) < 4.78 is 0. The maximum Gasteiger partial charge on any atom is 0.239 e. The van der Waals surface area contributed by atoms with Gasteiger partial charge in [0.05, 0.1) is 6.04 Å². The summed E-state index contributed by atoms with van der Waals surface area (Å²) in [5.74, 6) is 0.330. The van der Waals surface area contributed by atoms with E-state index in [4.69, 9.17) is 0 Å². The molecule has 2 fully saturated rings. The second-order valence-corrected chi connectivity index (χ2v) is 6.60. The van der Waals surface area contributed by atoms with Gasteiger partial charge in [-0.3, -0.25) is 9.69 Å². The summed E-state index contributed by atoms with van der Waals surface area (Å²) in [6, 6.07) is 0.00944. The Morgan fingerprint density at radius 2 is 1.74 bits per heavy atom. The Labute approximate surface area is 117 Å². The number of hydrogen-bond acceptors (Lipinski definition) is 3. The van der Waals surface area contributed by atoms with Crippen molar-refractivity contribution in [2.24, 2.45) is 0 Å². The van der Waals surface area contributed by atoms with Crippen molar-refractivity contribution in [1.29, 1.82) is 0 Å². The summed E-state index contributed by atoms with van der Waals surface area (Å²) >= 11 is 0. The highest BCUT2D eigenvalue weighted by Crippen LogP contribution is 2.21. The first kappa shape index (κ1) is 14.8. The van der Waals surface area contributed by atoms with E-state index in [9.17, 15) is 4.79 Å². The molecular formula is C15H29N3O. The van der Waals surface area contributed by atoms with Crippen LogP contribution >= 0.6 is 0 Å². The molecule has 1 N–H and O–H groups in total. The Hall–Kier alpha value is -0.610. The van der Waals surface area contributed by atoms with Crippen LogP contribution in [0.1, 0.15) is 46.5 Å². The maximum absolute atomic E-state index is 12.7. The Bertz CT molecular complexity index is 309. The molecular weight excluding hydrogens is 238 g/mol. The molecule has 2 rings (SSSR count). The van der Waals surface area contributed by atoms with Gasteiger partial charge in [0.15, 0.2) is 0 Å². The Morgan fingerprint density at radius 1 is 1.11 bits per heavy atom. The summed E-state index contributed by atoms with van der Waals surface area (Å²) in [6.45, 7) is 11.4. The molecule has 4 nitrogen and oxygen atoms in total. The van der Waals surface area contributed by atoms with Crippen LogP contribution in [0.5, 0.6) is 0 Å². The minimum atomic E-state index is 0.00944. The van der Waals surface area contributed by atoms with Gasteiger partial charge in [-0.25, -0.2) is 0 Å². The van der Waals surface area contributed by atoms with Crippen molar-refractivity contribution >= 4 is 5.91 Å². The summed E-state index contributed by atoms with van der Waals surface area (Å²) in [5, 5.41) is 3.42. The predicted molar refractivity (Wildman–Crippen MR) is 78.2 cm³/mol. The summed E-state index contributed by atoms with van der Waals surface area (Å²) in [5.41, 5.74) is 0.0686. The van der Waals surface area contributed by atoms with Gasteiger partial charge in [-0.1, -0.05) is 12.8 Å². The third-order valence-corrected chi connectivity index (χ3v) is 4.61. The SMILES string of the molecule is CC(C(=O)N1CCCCCC1)N1CCNCC1(C)C. The van der Waals surface area contributed by atoms with Gasteiger partial charge in [-0.15, -0.1) is 0 Å². The van der Waals surface area contributed by atoms with E-state index in [0.29, 0.717) is 5.91 Å². The van der Waals surface area contributed by atoms with Gasteiger partial charge in [-0.2, -0.15) is 0 Å². The molecule has 19 heavy (non-hydrogen) atoms. The second-order valence-electron chi connectivity index (χ2n) is 6.60. The van der Waals surface area contributed by atoms with Crippen LogP contribution in [0.25, 0.3) is 0 Å². The zero-order valence-electron chi connectivity index (χ0n) is 12.7. The van der Waals surface area contributed by atoms with Crippen LogP contribution in [0.3, 0.4) is 0 Å². The lowest BCUT2D eigenvalue weighted by atomic mass is 9.97. The number of nitrogens with zero attached hydrogens (tertiary/aromatic N) is 2. The van der Waals surface area contributed by atoms with Crippen LogP contribution < -0.4 is 5.32 Å². The van der Waals surface area contributed by atoms with E-state index in [2.05, 4.69) is 35.9 Å². The molecule has 110 valence electrons. The third-order valence-electron chi connectivity index (χ3n) is 4.61. The fourth-order valence-electron chi connectivity index (χ4n) is 3.40. The number of carbonyl (C=O) groups excluding carboxylic acids is 1. The van der Waals surface area contributed by atoms with Gasteiger partial charge < -0.3 is 10.2 Å². The minimum Gasteiger partial charge on any atom is -0.341 e. The molecule has 1 atom stereocenters. The van der Waals surface area contributed by atoms with Crippen molar-refractivity contribution in [3.63, 3.8) is 0 Å². The van der Waals surface area contributed by atoms with Crippen molar-refractivity contribution in [3.8, 4) is 0 Å². The fourth-order valence-corrected chi connectivity index (χ4v) is 3.40. The average molecular weight is 267 g/mol. The van der Waals surface area contributed by atoms with E-state index in [0.717, 1.165) is 32.7 Å². The van der Waals surface area contributed by atoms with Gasteiger partial charge in [0.1, 0.15) is 0 Å². The first-order valence-corrected chi connectivity index (χ1v) is 7.78. The van der Waals surface area contributed by atoms with Gasteiger partial charge in [0, 0.05) is 38.3 Å². The van der Waals surface area contributed by atoms with E-state index in [1.165, 1.54) is 25.7 Å². The average Bonchev–Trinajstić information content (AvgIpc) is 2.65. The number of likely N-dealkylation sites (tertiary alicyclic amines) is 1. The monoisotopic (exact) mass is 267 g/mol. The molecule has 2 saturated heterocycles. The zero-order valence-corrected chi connectivity index (χ0v) is 12.7. The van der Waals surface area contributed by atoms with Crippen molar-refractivity contribution in [2.75, 3.05) is 32.7 Å². The molecule has 1 unspecified atom stereocenters.